The molecule has 0 heterocycles. The van der Waals surface area contributed by atoms with E-state index in [0.717, 1.165) is 21.8 Å². The highest BCUT2D eigenvalue weighted by atomic mass is 32.2. The van der Waals surface area contributed by atoms with Gasteiger partial charge in [0.2, 0.25) is 0 Å². The number of aromatic hydroxyl groups is 1. The molecule has 2 nitrogen and oxygen atoms in total. The van der Waals surface area contributed by atoms with Crippen molar-refractivity contribution in [2.24, 2.45) is 0 Å². The number of hydrogen-bond acceptors (Lipinski definition) is 3. The minimum absolute atomic E-state index is 0.294. The Balaban J connectivity index is 2.41. The summed E-state index contributed by atoms with van der Waals surface area (Å²) < 4.78 is 5.12. The van der Waals surface area contributed by atoms with Crippen LogP contribution in [0.3, 0.4) is 0 Å². The number of methoxy groups -OCH3 is 1. The lowest BCUT2D eigenvalue weighted by Gasteiger charge is -2.06. The highest BCUT2D eigenvalue weighted by Crippen LogP contribution is 2.30. The molecule has 0 spiro atoms. The highest BCUT2D eigenvalue weighted by molar-refractivity contribution is 7.98. The van der Waals surface area contributed by atoms with Crippen molar-refractivity contribution < 1.29 is 9.84 Å². The molecule has 0 saturated heterocycles. The summed E-state index contributed by atoms with van der Waals surface area (Å²) in [5.41, 5.74) is 2.08. The summed E-state index contributed by atoms with van der Waals surface area (Å²) in [5.74, 6) is 1.13. The second kappa shape index (κ2) is 5.15. The average Bonchev–Trinajstić information content (AvgIpc) is 2.38. The second-order valence-corrected chi connectivity index (χ2v) is 4.53. The summed E-state index contributed by atoms with van der Waals surface area (Å²) in [6.45, 7) is 0. The third-order valence-electron chi connectivity index (χ3n) is 2.55. The molecule has 0 saturated carbocycles. The van der Waals surface area contributed by atoms with Gasteiger partial charge < -0.3 is 9.84 Å². The Hall–Kier alpha value is -1.61. The van der Waals surface area contributed by atoms with Crippen molar-refractivity contribution in [3.05, 3.63) is 42.5 Å². The predicted octanol–water partition coefficient (Wildman–Crippen LogP) is 3.79. The van der Waals surface area contributed by atoms with Crippen LogP contribution >= 0.6 is 11.8 Å². The molecule has 0 amide bonds. The molecule has 0 aliphatic rings. The standard InChI is InChI=1S/C14H14O2S/c1-16-13-5-3-10(4-6-13)11-7-12(15)9-14(8-11)17-2/h3-9,15H,1-2H3. The number of hydrogen-bond donors (Lipinski definition) is 1. The summed E-state index contributed by atoms with van der Waals surface area (Å²) in [6.07, 6.45) is 1.99. The number of ether oxygens (including phenoxy) is 1. The van der Waals surface area contributed by atoms with Gasteiger partial charge in [-0.25, -0.2) is 0 Å². The first kappa shape index (κ1) is 11.9. The van der Waals surface area contributed by atoms with E-state index in [9.17, 15) is 5.11 Å². The molecule has 0 aromatic heterocycles. The van der Waals surface area contributed by atoms with Gasteiger partial charge in [-0.05, 0) is 47.7 Å². The predicted molar refractivity (Wildman–Crippen MR) is 71.9 cm³/mol. The van der Waals surface area contributed by atoms with Crippen molar-refractivity contribution >= 4 is 11.8 Å². The Kier molecular flexibility index (Phi) is 3.59. The zero-order chi connectivity index (χ0) is 12.3. The smallest absolute Gasteiger partial charge is 0.118 e. The van der Waals surface area contributed by atoms with E-state index in [1.54, 1.807) is 31.0 Å². The quantitative estimate of drug-likeness (QED) is 0.835. The Labute approximate surface area is 105 Å². The van der Waals surface area contributed by atoms with Crippen LogP contribution in [0.4, 0.5) is 0 Å². The van der Waals surface area contributed by atoms with Crippen molar-refractivity contribution in [2.75, 3.05) is 13.4 Å². The molecule has 0 bridgehead atoms. The Morgan fingerprint density at radius 3 is 2.29 bits per heavy atom. The van der Waals surface area contributed by atoms with E-state index in [2.05, 4.69) is 6.07 Å². The molecule has 17 heavy (non-hydrogen) atoms. The van der Waals surface area contributed by atoms with Crippen molar-refractivity contribution in [3.8, 4) is 22.6 Å². The first-order chi connectivity index (χ1) is 8.22. The molecule has 88 valence electrons. The summed E-state index contributed by atoms with van der Waals surface area (Å²) in [7, 11) is 1.65. The lowest BCUT2D eigenvalue weighted by Crippen LogP contribution is -1.83. The molecular formula is C14H14O2S. The van der Waals surface area contributed by atoms with Gasteiger partial charge in [-0.1, -0.05) is 12.1 Å². The van der Waals surface area contributed by atoms with Gasteiger partial charge in [-0.2, -0.15) is 0 Å². The Bertz CT molecular complexity index is 506. The van der Waals surface area contributed by atoms with E-state index < -0.39 is 0 Å². The van der Waals surface area contributed by atoms with Crippen LogP contribution in [0.1, 0.15) is 0 Å². The molecule has 0 fully saturated rings. The SMILES string of the molecule is COc1ccc(-c2cc(O)cc(SC)c2)cc1. The fourth-order valence-electron chi connectivity index (χ4n) is 1.65. The zero-order valence-electron chi connectivity index (χ0n) is 9.81. The Morgan fingerprint density at radius 2 is 1.71 bits per heavy atom. The summed E-state index contributed by atoms with van der Waals surface area (Å²) >= 11 is 1.61. The molecule has 2 aromatic carbocycles. The molecule has 1 N–H and O–H groups in total. The van der Waals surface area contributed by atoms with Crippen LogP contribution in [0.15, 0.2) is 47.4 Å². The maximum Gasteiger partial charge on any atom is 0.118 e. The molecule has 0 aliphatic heterocycles. The van der Waals surface area contributed by atoms with Gasteiger partial charge in [0.1, 0.15) is 11.5 Å². The lowest BCUT2D eigenvalue weighted by atomic mass is 10.1. The molecule has 2 rings (SSSR count). The maximum atomic E-state index is 9.65. The van der Waals surface area contributed by atoms with Gasteiger partial charge in [0.25, 0.3) is 0 Å². The third kappa shape index (κ3) is 2.74. The molecule has 0 atom stereocenters. The maximum absolute atomic E-state index is 9.65. The minimum atomic E-state index is 0.294. The van der Waals surface area contributed by atoms with Gasteiger partial charge in [0.05, 0.1) is 7.11 Å². The largest absolute Gasteiger partial charge is 0.508 e. The second-order valence-electron chi connectivity index (χ2n) is 3.65. The molecule has 0 radical (unpaired) electrons. The fraction of sp³-hybridized carbons (Fsp3) is 0.143. The highest BCUT2D eigenvalue weighted by Gasteiger charge is 2.02. The zero-order valence-corrected chi connectivity index (χ0v) is 10.6. The van der Waals surface area contributed by atoms with Crippen LogP contribution in [0.2, 0.25) is 0 Å². The van der Waals surface area contributed by atoms with Crippen LogP contribution in [0.5, 0.6) is 11.5 Å². The number of phenolic OH excluding ortho intramolecular Hbond substituents is 1. The lowest BCUT2D eigenvalue weighted by molar-refractivity contribution is 0.415. The number of rotatable bonds is 3. The number of benzene rings is 2. The van der Waals surface area contributed by atoms with Crippen molar-refractivity contribution in [1.82, 2.24) is 0 Å². The van der Waals surface area contributed by atoms with E-state index in [1.165, 1.54) is 0 Å². The number of thioether (sulfide) groups is 1. The van der Waals surface area contributed by atoms with E-state index in [-0.39, 0.29) is 0 Å². The van der Waals surface area contributed by atoms with E-state index in [0.29, 0.717) is 5.75 Å². The Morgan fingerprint density at radius 1 is 1.00 bits per heavy atom. The van der Waals surface area contributed by atoms with Gasteiger partial charge in [-0.15, -0.1) is 11.8 Å². The van der Waals surface area contributed by atoms with Crippen molar-refractivity contribution in [2.45, 2.75) is 4.90 Å². The topological polar surface area (TPSA) is 29.5 Å². The van der Waals surface area contributed by atoms with E-state index >= 15 is 0 Å². The minimum Gasteiger partial charge on any atom is -0.508 e. The average molecular weight is 246 g/mol. The normalized spacial score (nSPS) is 10.2. The van der Waals surface area contributed by atoms with Crippen molar-refractivity contribution in [1.29, 1.82) is 0 Å². The summed E-state index contributed by atoms with van der Waals surface area (Å²) in [4.78, 5) is 1.05. The van der Waals surface area contributed by atoms with Gasteiger partial charge in [0, 0.05) is 4.90 Å². The van der Waals surface area contributed by atoms with Gasteiger partial charge in [0.15, 0.2) is 0 Å². The fourth-order valence-corrected chi connectivity index (χ4v) is 2.13. The van der Waals surface area contributed by atoms with Gasteiger partial charge in [-0.3, -0.25) is 0 Å². The van der Waals surface area contributed by atoms with Crippen LogP contribution < -0.4 is 4.74 Å². The number of phenols is 1. The van der Waals surface area contributed by atoms with Gasteiger partial charge >= 0.3 is 0 Å². The van der Waals surface area contributed by atoms with Crippen LogP contribution in [0.25, 0.3) is 11.1 Å². The summed E-state index contributed by atoms with van der Waals surface area (Å²) in [5, 5.41) is 9.65. The molecule has 3 heteroatoms. The van der Waals surface area contributed by atoms with E-state index in [4.69, 9.17) is 4.74 Å². The van der Waals surface area contributed by atoms with E-state index in [1.807, 2.05) is 30.5 Å². The first-order valence-electron chi connectivity index (χ1n) is 5.25. The third-order valence-corrected chi connectivity index (χ3v) is 3.26. The first-order valence-corrected chi connectivity index (χ1v) is 6.48. The summed E-state index contributed by atoms with van der Waals surface area (Å²) in [6, 6.07) is 13.4. The van der Waals surface area contributed by atoms with Crippen molar-refractivity contribution in [3.63, 3.8) is 0 Å². The molecule has 2 aromatic rings. The van der Waals surface area contributed by atoms with Crippen LogP contribution in [-0.2, 0) is 0 Å². The van der Waals surface area contributed by atoms with Crippen LogP contribution in [0, 0.1) is 0 Å². The monoisotopic (exact) mass is 246 g/mol. The van der Waals surface area contributed by atoms with Crippen LogP contribution in [-0.4, -0.2) is 18.5 Å². The molecular weight excluding hydrogens is 232 g/mol. The molecule has 0 aliphatic carbocycles. The molecule has 0 unspecified atom stereocenters.